The third kappa shape index (κ3) is 1.81. The first-order valence-corrected chi connectivity index (χ1v) is 4.97. The van der Waals surface area contributed by atoms with Crippen molar-refractivity contribution in [3.05, 3.63) is 23.8 Å². The number of fused-ring (bicyclic) bond motifs is 1. The minimum atomic E-state index is -1.25. The molecule has 0 spiro atoms. The summed E-state index contributed by atoms with van der Waals surface area (Å²) in [6.07, 6.45) is -1.25. The van der Waals surface area contributed by atoms with Crippen LogP contribution in [0.15, 0.2) is 18.2 Å². The molecule has 1 heterocycles. The van der Waals surface area contributed by atoms with Crippen LogP contribution in [0.5, 0.6) is 0 Å². The Morgan fingerprint density at radius 1 is 1.60 bits per heavy atom. The Hall–Kier alpha value is -1.53. The summed E-state index contributed by atoms with van der Waals surface area (Å²) in [4.78, 5) is 11.1. The van der Waals surface area contributed by atoms with Gasteiger partial charge in [0.1, 0.15) is 5.52 Å². The van der Waals surface area contributed by atoms with Gasteiger partial charge in [0.15, 0.2) is 6.10 Å². The second-order valence-electron chi connectivity index (χ2n) is 2.93. The average molecular weight is 224 g/mol. The van der Waals surface area contributed by atoms with Crippen LogP contribution in [0.25, 0.3) is 10.2 Å². The van der Waals surface area contributed by atoms with E-state index in [1.807, 2.05) is 0 Å². The molecule has 5 nitrogen and oxygen atoms in total. The van der Waals surface area contributed by atoms with Crippen LogP contribution in [0, 0.1) is 0 Å². The molecule has 0 amide bonds. The van der Waals surface area contributed by atoms with Gasteiger partial charge in [0.25, 0.3) is 0 Å². The van der Waals surface area contributed by atoms with Crippen molar-refractivity contribution in [3.63, 3.8) is 0 Å². The molecule has 0 saturated heterocycles. The molecule has 0 saturated carbocycles. The Morgan fingerprint density at radius 2 is 2.40 bits per heavy atom. The lowest BCUT2D eigenvalue weighted by Crippen LogP contribution is -2.13. The Balaban J connectivity index is 2.39. The highest BCUT2D eigenvalue weighted by Gasteiger charge is 2.18. The molecule has 1 atom stereocenters. The first-order valence-electron chi connectivity index (χ1n) is 4.20. The number of hydrogen-bond donors (Lipinski definition) is 1. The molecule has 1 N–H and O–H groups in total. The molecule has 78 valence electrons. The van der Waals surface area contributed by atoms with Gasteiger partial charge in [-0.3, -0.25) is 0 Å². The number of methoxy groups -OCH3 is 1. The number of aromatic nitrogens is 2. The molecule has 1 unspecified atom stereocenters. The summed E-state index contributed by atoms with van der Waals surface area (Å²) in [5.74, 6) is -0.674. The molecule has 15 heavy (non-hydrogen) atoms. The summed E-state index contributed by atoms with van der Waals surface area (Å²) < 4.78 is 9.03. The van der Waals surface area contributed by atoms with Crippen molar-refractivity contribution in [1.82, 2.24) is 9.59 Å². The second-order valence-corrected chi connectivity index (χ2v) is 3.71. The lowest BCUT2D eigenvalue weighted by Gasteiger charge is -2.07. The zero-order chi connectivity index (χ0) is 10.8. The lowest BCUT2D eigenvalue weighted by molar-refractivity contribution is -0.150. The molecule has 0 radical (unpaired) electrons. The summed E-state index contributed by atoms with van der Waals surface area (Å²) in [5.41, 5.74) is 1.24. The van der Waals surface area contributed by atoms with Crippen molar-refractivity contribution < 1.29 is 14.6 Å². The fourth-order valence-corrected chi connectivity index (χ4v) is 1.82. The largest absolute Gasteiger partial charge is 0.467 e. The van der Waals surface area contributed by atoms with E-state index in [1.54, 1.807) is 18.2 Å². The number of carbonyl (C=O) groups is 1. The molecule has 0 aliphatic carbocycles. The number of ether oxygens (including phenoxy) is 1. The van der Waals surface area contributed by atoms with Crippen molar-refractivity contribution in [2.45, 2.75) is 6.10 Å². The lowest BCUT2D eigenvalue weighted by atomic mass is 10.1. The normalized spacial score (nSPS) is 12.7. The molecular weight excluding hydrogens is 216 g/mol. The van der Waals surface area contributed by atoms with Gasteiger partial charge in [0.05, 0.1) is 11.8 Å². The maximum absolute atomic E-state index is 11.1. The van der Waals surface area contributed by atoms with E-state index in [1.165, 1.54) is 18.6 Å². The van der Waals surface area contributed by atoms with Crippen molar-refractivity contribution in [1.29, 1.82) is 0 Å². The van der Waals surface area contributed by atoms with Crippen LogP contribution < -0.4 is 0 Å². The van der Waals surface area contributed by atoms with Crippen LogP contribution in [0.2, 0.25) is 0 Å². The van der Waals surface area contributed by atoms with Crippen molar-refractivity contribution in [2.24, 2.45) is 0 Å². The molecule has 2 aromatic rings. The predicted molar refractivity (Wildman–Crippen MR) is 54.4 cm³/mol. The van der Waals surface area contributed by atoms with Crippen LogP contribution in [0.4, 0.5) is 0 Å². The molecule has 6 heteroatoms. The number of benzene rings is 1. The molecule has 1 aromatic carbocycles. The third-order valence-corrected chi connectivity index (χ3v) is 2.70. The zero-order valence-corrected chi connectivity index (χ0v) is 8.69. The van der Waals surface area contributed by atoms with E-state index < -0.39 is 12.1 Å². The van der Waals surface area contributed by atoms with Gasteiger partial charge in [0.2, 0.25) is 0 Å². The van der Waals surface area contributed by atoms with Gasteiger partial charge in [-0.1, -0.05) is 10.6 Å². The number of carbonyl (C=O) groups excluding carboxylic acids is 1. The fourth-order valence-electron chi connectivity index (χ4n) is 1.21. The van der Waals surface area contributed by atoms with Gasteiger partial charge in [-0.15, -0.1) is 5.10 Å². The van der Waals surface area contributed by atoms with Crippen molar-refractivity contribution in [3.8, 4) is 0 Å². The van der Waals surface area contributed by atoms with Crippen molar-refractivity contribution >= 4 is 27.7 Å². The van der Waals surface area contributed by atoms with Gasteiger partial charge in [-0.05, 0) is 29.2 Å². The van der Waals surface area contributed by atoms with E-state index in [0.29, 0.717) is 5.56 Å². The quantitative estimate of drug-likeness (QED) is 0.767. The fraction of sp³-hybridized carbons (Fsp3) is 0.222. The number of esters is 1. The van der Waals surface area contributed by atoms with E-state index in [0.717, 1.165) is 10.2 Å². The minimum absolute atomic E-state index is 0.486. The van der Waals surface area contributed by atoms with Crippen LogP contribution in [-0.4, -0.2) is 27.8 Å². The molecule has 0 bridgehead atoms. The summed E-state index contributed by atoms with van der Waals surface area (Å²) in [7, 11) is 1.23. The van der Waals surface area contributed by atoms with E-state index >= 15 is 0 Å². The highest BCUT2D eigenvalue weighted by molar-refractivity contribution is 7.12. The van der Waals surface area contributed by atoms with Crippen LogP contribution in [0.3, 0.4) is 0 Å². The summed E-state index contributed by atoms with van der Waals surface area (Å²) >= 11 is 1.21. The van der Waals surface area contributed by atoms with E-state index in [9.17, 15) is 9.90 Å². The predicted octanol–water partition coefficient (Wildman–Crippen LogP) is 0.898. The molecule has 0 fully saturated rings. The number of rotatable bonds is 2. The average Bonchev–Trinajstić information content (AvgIpc) is 2.73. The first-order chi connectivity index (χ1) is 7.22. The van der Waals surface area contributed by atoms with Crippen LogP contribution in [0.1, 0.15) is 11.7 Å². The highest BCUT2D eigenvalue weighted by atomic mass is 32.1. The van der Waals surface area contributed by atoms with E-state index in [4.69, 9.17) is 0 Å². The number of hydrogen-bond acceptors (Lipinski definition) is 6. The number of aliphatic hydroxyl groups excluding tert-OH is 1. The van der Waals surface area contributed by atoms with E-state index in [2.05, 4.69) is 14.3 Å². The van der Waals surface area contributed by atoms with Gasteiger partial charge in [-0.25, -0.2) is 4.79 Å². The number of aliphatic hydroxyl groups is 1. The van der Waals surface area contributed by atoms with Gasteiger partial charge < -0.3 is 9.84 Å². The Morgan fingerprint density at radius 3 is 3.13 bits per heavy atom. The molecule has 0 aliphatic heterocycles. The van der Waals surface area contributed by atoms with Gasteiger partial charge >= 0.3 is 5.97 Å². The first kappa shape index (κ1) is 10.0. The van der Waals surface area contributed by atoms with Gasteiger partial charge in [-0.2, -0.15) is 0 Å². The maximum atomic E-state index is 11.1. The molecule has 0 aliphatic rings. The van der Waals surface area contributed by atoms with Crippen LogP contribution in [-0.2, 0) is 9.53 Å². The number of nitrogens with zero attached hydrogens (tertiary/aromatic N) is 2. The summed E-state index contributed by atoms with van der Waals surface area (Å²) in [6.45, 7) is 0. The zero-order valence-electron chi connectivity index (χ0n) is 7.88. The summed E-state index contributed by atoms with van der Waals surface area (Å²) in [5, 5.41) is 13.4. The van der Waals surface area contributed by atoms with Crippen LogP contribution >= 0.6 is 11.5 Å². The maximum Gasteiger partial charge on any atom is 0.339 e. The Labute approximate surface area is 89.5 Å². The minimum Gasteiger partial charge on any atom is -0.467 e. The molecule has 2 rings (SSSR count). The second kappa shape index (κ2) is 3.92. The van der Waals surface area contributed by atoms with E-state index in [-0.39, 0.29) is 0 Å². The highest BCUT2D eigenvalue weighted by Crippen LogP contribution is 2.21. The SMILES string of the molecule is COC(=O)C(O)c1ccc2nnsc2c1. The smallest absolute Gasteiger partial charge is 0.339 e. The van der Waals surface area contributed by atoms with Crippen molar-refractivity contribution in [2.75, 3.05) is 7.11 Å². The topological polar surface area (TPSA) is 72.3 Å². The summed E-state index contributed by atoms with van der Waals surface area (Å²) in [6, 6.07) is 5.02. The monoisotopic (exact) mass is 224 g/mol. The molecule has 1 aromatic heterocycles. The standard InChI is InChI=1S/C9H8N2O3S/c1-14-9(13)8(12)5-2-3-6-7(4-5)15-11-10-6/h2-4,8,12H,1H3. The molecular formula is C9H8N2O3S. The Bertz CT molecular complexity index is 497. The Kier molecular flexibility index (Phi) is 2.61. The van der Waals surface area contributed by atoms with Gasteiger partial charge in [0, 0.05) is 0 Å². The third-order valence-electron chi connectivity index (χ3n) is 2.01.